The van der Waals surface area contributed by atoms with E-state index < -0.39 is 5.97 Å². The molecular weight excluding hydrogens is 108 g/mol. The van der Waals surface area contributed by atoms with Crippen molar-refractivity contribution in [2.75, 3.05) is 0 Å². The number of hydrogen-bond donors (Lipinski definition) is 1. The highest BCUT2D eigenvalue weighted by molar-refractivity contribution is 5.78. The summed E-state index contributed by atoms with van der Waals surface area (Å²) < 4.78 is 0. The average molecular weight is 116 g/mol. The number of rotatable bonds is 1. The van der Waals surface area contributed by atoms with E-state index in [4.69, 9.17) is 5.73 Å². The van der Waals surface area contributed by atoms with Crippen LogP contribution in [0.3, 0.4) is 0 Å². The molecule has 0 rings (SSSR count). The Morgan fingerprint density at radius 2 is 2.12 bits per heavy atom. The quantitative estimate of drug-likeness (QED) is 0.224. The Kier molecular flexibility index (Phi) is 2.61. The molecule has 0 spiro atoms. The number of oxime groups is 1. The van der Waals surface area contributed by atoms with Crippen LogP contribution in [0.5, 0.6) is 0 Å². The number of carbonyl (C=O) groups excluding carboxylic acids is 1. The largest absolute Gasteiger partial charge is 0.385 e. The molecule has 0 aromatic carbocycles. The highest BCUT2D eigenvalue weighted by Crippen LogP contribution is 1.75. The smallest absolute Gasteiger partial charge is 0.332 e. The molecule has 0 aromatic rings. The van der Waals surface area contributed by atoms with Crippen LogP contribution in [0, 0.1) is 0 Å². The Hall–Kier alpha value is -1.06. The van der Waals surface area contributed by atoms with Gasteiger partial charge in [0.2, 0.25) is 0 Å². The second kappa shape index (κ2) is 3.01. The lowest BCUT2D eigenvalue weighted by Gasteiger charge is -1.88. The Morgan fingerprint density at radius 1 is 1.62 bits per heavy atom. The highest BCUT2D eigenvalue weighted by Gasteiger charge is 1.86. The molecule has 4 nitrogen and oxygen atoms in total. The van der Waals surface area contributed by atoms with Crippen molar-refractivity contribution < 1.29 is 9.63 Å². The molecule has 0 atom stereocenters. The lowest BCUT2D eigenvalue weighted by molar-refractivity contribution is -0.140. The van der Waals surface area contributed by atoms with Gasteiger partial charge in [0.15, 0.2) is 0 Å². The van der Waals surface area contributed by atoms with E-state index in [0.717, 1.165) is 0 Å². The van der Waals surface area contributed by atoms with E-state index in [1.54, 1.807) is 0 Å². The van der Waals surface area contributed by atoms with Gasteiger partial charge in [0.05, 0.1) is 0 Å². The van der Waals surface area contributed by atoms with E-state index in [2.05, 4.69) is 9.99 Å². The molecule has 8 heavy (non-hydrogen) atoms. The van der Waals surface area contributed by atoms with Crippen LogP contribution in [0.15, 0.2) is 5.16 Å². The van der Waals surface area contributed by atoms with E-state index >= 15 is 0 Å². The monoisotopic (exact) mass is 116 g/mol. The Balaban J connectivity index is 3.45. The summed E-state index contributed by atoms with van der Waals surface area (Å²) in [5.41, 5.74) is 5.01. The van der Waals surface area contributed by atoms with Crippen molar-refractivity contribution in [2.45, 2.75) is 13.8 Å². The van der Waals surface area contributed by atoms with Gasteiger partial charge in [-0.25, -0.2) is 4.79 Å². The van der Waals surface area contributed by atoms with Crippen LogP contribution >= 0.6 is 0 Å². The molecule has 0 saturated heterocycles. The maximum atomic E-state index is 9.96. The highest BCUT2D eigenvalue weighted by atomic mass is 16.7. The predicted octanol–water partition coefficient (Wildman–Crippen LogP) is -0.158. The Morgan fingerprint density at radius 3 is 2.25 bits per heavy atom. The van der Waals surface area contributed by atoms with E-state index in [1.807, 2.05) is 0 Å². The Bertz CT molecular complexity index is 115. The zero-order valence-corrected chi connectivity index (χ0v) is 4.84. The number of nitrogens with zero attached hydrogens (tertiary/aromatic N) is 1. The van der Waals surface area contributed by atoms with Crippen LogP contribution < -0.4 is 5.73 Å². The SMILES string of the molecule is CC(=O)ON=C(C)N. The van der Waals surface area contributed by atoms with Gasteiger partial charge in [-0.3, -0.25) is 0 Å². The van der Waals surface area contributed by atoms with Gasteiger partial charge in [-0.05, 0) is 6.92 Å². The molecular formula is C4H8N2O2. The summed E-state index contributed by atoms with van der Waals surface area (Å²) in [5.74, 6) is -0.227. The van der Waals surface area contributed by atoms with Gasteiger partial charge in [-0.15, -0.1) is 0 Å². The third-order valence-electron chi connectivity index (χ3n) is 0.318. The molecule has 0 saturated carbocycles. The first kappa shape index (κ1) is 6.94. The van der Waals surface area contributed by atoms with Crippen molar-refractivity contribution in [1.82, 2.24) is 0 Å². The van der Waals surface area contributed by atoms with Crippen molar-refractivity contribution in [3.8, 4) is 0 Å². The van der Waals surface area contributed by atoms with E-state index in [1.165, 1.54) is 13.8 Å². The van der Waals surface area contributed by atoms with E-state index in [0.29, 0.717) is 0 Å². The lowest BCUT2D eigenvalue weighted by Crippen LogP contribution is -2.07. The maximum Gasteiger partial charge on any atom is 0.332 e. The second-order valence-electron chi connectivity index (χ2n) is 1.32. The fourth-order valence-corrected chi connectivity index (χ4v) is 0.136. The van der Waals surface area contributed by atoms with Crippen molar-refractivity contribution >= 4 is 11.8 Å². The Labute approximate surface area is 47.3 Å². The van der Waals surface area contributed by atoms with Crippen LogP contribution in [0.25, 0.3) is 0 Å². The molecule has 0 aromatic heterocycles. The summed E-state index contributed by atoms with van der Waals surface area (Å²) in [5, 5.41) is 3.17. The predicted molar refractivity (Wildman–Crippen MR) is 29.1 cm³/mol. The fourth-order valence-electron chi connectivity index (χ4n) is 0.136. The number of hydrogen-bond acceptors (Lipinski definition) is 3. The van der Waals surface area contributed by atoms with Crippen LogP contribution in [0.4, 0.5) is 0 Å². The minimum atomic E-state index is -0.463. The molecule has 0 heterocycles. The minimum Gasteiger partial charge on any atom is -0.385 e. The van der Waals surface area contributed by atoms with Gasteiger partial charge in [0, 0.05) is 6.92 Å². The topological polar surface area (TPSA) is 64.7 Å². The van der Waals surface area contributed by atoms with Gasteiger partial charge < -0.3 is 10.6 Å². The summed E-state index contributed by atoms with van der Waals surface area (Å²) in [6.45, 7) is 2.79. The molecule has 0 amide bonds. The number of amidine groups is 1. The molecule has 46 valence electrons. The van der Waals surface area contributed by atoms with Crippen molar-refractivity contribution in [1.29, 1.82) is 0 Å². The van der Waals surface area contributed by atoms with Gasteiger partial charge in [0.1, 0.15) is 5.84 Å². The number of nitrogens with two attached hydrogens (primary N) is 1. The molecule has 0 fully saturated rings. The van der Waals surface area contributed by atoms with Gasteiger partial charge in [-0.1, -0.05) is 5.16 Å². The molecule has 2 N–H and O–H groups in total. The molecule has 0 unspecified atom stereocenters. The van der Waals surface area contributed by atoms with Gasteiger partial charge in [0.25, 0.3) is 0 Å². The zero-order chi connectivity index (χ0) is 6.57. The standard InChI is InChI=1S/C4H8N2O2/c1-3(5)6-8-4(2)7/h1-2H3,(H2,5,6). The summed E-state index contributed by atoms with van der Waals surface area (Å²) >= 11 is 0. The van der Waals surface area contributed by atoms with Crippen LogP contribution in [0.1, 0.15) is 13.8 Å². The zero-order valence-electron chi connectivity index (χ0n) is 4.84. The van der Waals surface area contributed by atoms with Crippen molar-refractivity contribution in [2.24, 2.45) is 10.9 Å². The average Bonchev–Trinajstić information content (AvgIpc) is 1.61. The maximum absolute atomic E-state index is 9.96. The van der Waals surface area contributed by atoms with Crippen LogP contribution in [-0.4, -0.2) is 11.8 Å². The first-order valence-electron chi connectivity index (χ1n) is 2.10. The van der Waals surface area contributed by atoms with E-state index in [9.17, 15) is 4.79 Å². The summed E-state index contributed by atoms with van der Waals surface area (Å²) in [6.07, 6.45) is 0. The second-order valence-corrected chi connectivity index (χ2v) is 1.32. The minimum absolute atomic E-state index is 0.236. The first-order chi connectivity index (χ1) is 3.63. The summed E-state index contributed by atoms with van der Waals surface area (Å²) in [7, 11) is 0. The normalized spacial score (nSPS) is 11.0. The molecule has 0 aliphatic heterocycles. The molecule has 0 aliphatic rings. The third-order valence-corrected chi connectivity index (χ3v) is 0.318. The van der Waals surface area contributed by atoms with Crippen molar-refractivity contribution in [3.05, 3.63) is 0 Å². The molecule has 4 heteroatoms. The van der Waals surface area contributed by atoms with Gasteiger partial charge in [-0.2, -0.15) is 0 Å². The number of carbonyl (C=O) groups is 1. The third kappa shape index (κ3) is 4.94. The van der Waals surface area contributed by atoms with Crippen molar-refractivity contribution in [3.63, 3.8) is 0 Å². The summed E-state index contributed by atoms with van der Waals surface area (Å²) in [6, 6.07) is 0. The lowest BCUT2D eigenvalue weighted by atomic mass is 10.7. The van der Waals surface area contributed by atoms with Gasteiger partial charge >= 0.3 is 5.97 Å². The first-order valence-corrected chi connectivity index (χ1v) is 2.10. The van der Waals surface area contributed by atoms with E-state index in [-0.39, 0.29) is 5.84 Å². The van der Waals surface area contributed by atoms with Crippen LogP contribution in [-0.2, 0) is 9.63 Å². The fraction of sp³-hybridized carbons (Fsp3) is 0.500. The summed E-state index contributed by atoms with van der Waals surface area (Å²) in [4.78, 5) is 14.1. The molecule has 0 radical (unpaired) electrons. The molecule has 0 bridgehead atoms. The van der Waals surface area contributed by atoms with Crippen LogP contribution in [0.2, 0.25) is 0 Å². The molecule has 0 aliphatic carbocycles.